The van der Waals surface area contributed by atoms with Gasteiger partial charge in [-0.1, -0.05) is 36.4 Å². The fourth-order valence-electron chi connectivity index (χ4n) is 2.54. The number of nitrogens with zero attached hydrogens (tertiary/aromatic N) is 1. The number of hydrogen-bond acceptors (Lipinski definition) is 1. The van der Waals surface area contributed by atoms with Gasteiger partial charge in [-0.3, -0.25) is 9.89 Å². The molecule has 0 aliphatic heterocycles. The van der Waals surface area contributed by atoms with Crippen LogP contribution in [-0.4, -0.2) is 9.78 Å². The van der Waals surface area contributed by atoms with E-state index in [1.807, 2.05) is 55.5 Å². The molecule has 3 rings (SSSR count). The summed E-state index contributed by atoms with van der Waals surface area (Å²) in [4.78, 5) is 12.7. The molecule has 3 nitrogen and oxygen atoms in total. The molecule has 0 atom stereocenters. The zero-order chi connectivity index (χ0) is 15.0. The largest absolute Gasteiger partial charge is 0.295 e. The molecule has 1 N–H and O–H groups in total. The van der Waals surface area contributed by atoms with Crippen molar-refractivity contribution in [2.75, 3.05) is 0 Å². The molecule has 0 saturated heterocycles. The quantitative estimate of drug-likeness (QED) is 0.761. The summed E-state index contributed by atoms with van der Waals surface area (Å²) in [6.45, 7) is 6.05. The van der Waals surface area contributed by atoms with Crippen LogP contribution in [0.5, 0.6) is 0 Å². The highest BCUT2D eigenvalue weighted by molar-refractivity contribution is 5.65. The second kappa shape index (κ2) is 5.09. The minimum atomic E-state index is -0.0121. The molecule has 0 aliphatic rings. The predicted octanol–water partition coefficient (Wildman–Crippen LogP) is 3.76. The molecule has 0 fully saturated rings. The van der Waals surface area contributed by atoms with E-state index in [1.54, 1.807) is 4.68 Å². The molecule has 0 spiro atoms. The summed E-state index contributed by atoms with van der Waals surface area (Å²) in [5.41, 5.74) is 5.80. The number of hydrogen-bond donors (Lipinski definition) is 1. The van der Waals surface area contributed by atoms with Crippen LogP contribution >= 0.6 is 0 Å². The van der Waals surface area contributed by atoms with E-state index in [-0.39, 0.29) is 5.56 Å². The van der Waals surface area contributed by atoms with E-state index in [1.165, 1.54) is 11.1 Å². The summed E-state index contributed by atoms with van der Waals surface area (Å²) in [6, 6.07) is 15.8. The van der Waals surface area contributed by atoms with Crippen molar-refractivity contribution >= 4 is 0 Å². The van der Waals surface area contributed by atoms with Crippen LogP contribution in [0.2, 0.25) is 0 Å². The lowest BCUT2D eigenvalue weighted by molar-refractivity contribution is 0.834. The number of nitrogens with one attached hydrogen (secondary N) is 1. The van der Waals surface area contributed by atoms with Gasteiger partial charge >= 0.3 is 0 Å². The summed E-state index contributed by atoms with van der Waals surface area (Å²) in [5, 5.41) is 3.18. The molecule has 3 aromatic rings. The van der Waals surface area contributed by atoms with Gasteiger partial charge in [0.25, 0.3) is 5.56 Å². The highest BCUT2D eigenvalue weighted by Crippen LogP contribution is 2.20. The lowest BCUT2D eigenvalue weighted by Gasteiger charge is -2.05. The number of benzene rings is 2. The number of rotatable bonds is 2. The minimum absolute atomic E-state index is 0.0121. The topological polar surface area (TPSA) is 37.8 Å². The molecule has 0 amide bonds. The van der Waals surface area contributed by atoms with Crippen LogP contribution < -0.4 is 5.56 Å². The van der Waals surface area contributed by atoms with Crippen molar-refractivity contribution in [3.8, 4) is 16.8 Å². The van der Waals surface area contributed by atoms with Gasteiger partial charge in [0, 0.05) is 5.69 Å². The van der Waals surface area contributed by atoms with Gasteiger partial charge in [-0.05, 0) is 49.6 Å². The molecule has 0 aliphatic carbocycles. The van der Waals surface area contributed by atoms with Gasteiger partial charge in [-0.15, -0.1) is 0 Å². The van der Waals surface area contributed by atoms with Gasteiger partial charge in [0.15, 0.2) is 0 Å². The Labute approximate surface area is 123 Å². The number of aryl methyl sites for hydroxylation is 3. The highest BCUT2D eigenvalue weighted by atomic mass is 16.1. The second-order valence-electron chi connectivity index (χ2n) is 5.39. The van der Waals surface area contributed by atoms with Crippen LogP contribution in [0, 0.1) is 20.8 Å². The average Bonchev–Trinajstić information content (AvgIpc) is 2.78. The van der Waals surface area contributed by atoms with Crippen LogP contribution in [0.4, 0.5) is 0 Å². The first kappa shape index (κ1) is 13.4. The van der Waals surface area contributed by atoms with Crippen molar-refractivity contribution in [3.05, 3.63) is 75.7 Å². The average molecular weight is 278 g/mol. The molecule has 1 heterocycles. The molecule has 0 bridgehead atoms. The van der Waals surface area contributed by atoms with E-state index in [0.717, 1.165) is 22.5 Å². The van der Waals surface area contributed by atoms with Gasteiger partial charge in [0.05, 0.1) is 11.3 Å². The lowest BCUT2D eigenvalue weighted by Crippen LogP contribution is -2.15. The Morgan fingerprint density at radius 2 is 1.62 bits per heavy atom. The highest BCUT2D eigenvalue weighted by Gasteiger charge is 2.14. The Kier molecular flexibility index (Phi) is 3.26. The summed E-state index contributed by atoms with van der Waals surface area (Å²) < 4.78 is 1.62. The molecule has 21 heavy (non-hydrogen) atoms. The smallest absolute Gasteiger partial charge is 0.279 e. The number of aromatic nitrogens is 2. The van der Waals surface area contributed by atoms with Crippen molar-refractivity contribution in [1.82, 2.24) is 9.78 Å². The summed E-state index contributed by atoms with van der Waals surface area (Å²) >= 11 is 0. The minimum Gasteiger partial charge on any atom is -0.295 e. The standard InChI is InChI=1S/C18H18N2O/c1-12-9-10-16(11-13(12)2)20-18(21)17(14(3)19-20)15-7-5-4-6-8-15/h4-11,19H,1-3H3. The first-order valence-electron chi connectivity index (χ1n) is 7.02. The van der Waals surface area contributed by atoms with Crippen LogP contribution in [-0.2, 0) is 0 Å². The van der Waals surface area contributed by atoms with Crippen molar-refractivity contribution < 1.29 is 0 Å². The zero-order valence-corrected chi connectivity index (χ0v) is 12.5. The van der Waals surface area contributed by atoms with Crippen LogP contribution in [0.15, 0.2) is 53.3 Å². The molecular formula is C18H18N2O. The summed E-state index contributed by atoms with van der Waals surface area (Å²) in [7, 11) is 0. The van der Waals surface area contributed by atoms with Crippen LogP contribution in [0.25, 0.3) is 16.8 Å². The van der Waals surface area contributed by atoms with Crippen LogP contribution in [0.3, 0.4) is 0 Å². The molecule has 0 saturated carbocycles. The molecule has 3 heteroatoms. The normalized spacial score (nSPS) is 10.8. The number of aromatic amines is 1. The van der Waals surface area contributed by atoms with Gasteiger partial charge in [0.2, 0.25) is 0 Å². The van der Waals surface area contributed by atoms with Gasteiger partial charge in [-0.2, -0.15) is 0 Å². The molecule has 2 aromatic carbocycles. The predicted molar refractivity (Wildman–Crippen MR) is 86.0 cm³/mol. The molecule has 0 unspecified atom stereocenters. The van der Waals surface area contributed by atoms with Crippen LogP contribution in [0.1, 0.15) is 16.8 Å². The SMILES string of the molecule is Cc1ccc(-n2[nH]c(C)c(-c3ccccc3)c2=O)cc1C. The third kappa shape index (κ3) is 2.31. The fraction of sp³-hybridized carbons (Fsp3) is 0.167. The first-order chi connectivity index (χ1) is 10.1. The summed E-state index contributed by atoms with van der Waals surface area (Å²) in [6.07, 6.45) is 0. The molecule has 106 valence electrons. The second-order valence-corrected chi connectivity index (χ2v) is 5.39. The van der Waals surface area contributed by atoms with E-state index >= 15 is 0 Å². The molecule has 1 aromatic heterocycles. The fourth-order valence-corrected chi connectivity index (χ4v) is 2.54. The monoisotopic (exact) mass is 278 g/mol. The Bertz CT molecular complexity index is 841. The Morgan fingerprint density at radius 3 is 2.29 bits per heavy atom. The molecular weight excluding hydrogens is 260 g/mol. The Morgan fingerprint density at radius 1 is 0.905 bits per heavy atom. The maximum atomic E-state index is 12.7. The van der Waals surface area contributed by atoms with Crippen molar-refractivity contribution in [1.29, 1.82) is 0 Å². The molecule has 0 radical (unpaired) electrons. The number of H-pyrrole nitrogens is 1. The van der Waals surface area contributed by atoms with E-state index in [9.17, 15) is 4.79 Å². The summed E-state index contributed by atoms with van der Waals surface area (Å²) in [5.74, 6) is 0. The third-order valence-corrected chi connectivity index (χ3v) is 3.88. The van der Waals surface area contributed by atoms with Crippen molar-refractivity contribution in [2.45, 2.75) is 20.8 Å². The zero-order valence-electron chi connectivity index (χ0n) is 12.5. The first-order valence-corrected chi connectivity index (χ1v) is 7.02. The van der Waals surface area contributed by atoms with E-state index < -0.39 is 0 Å². The van der Waals surface area contributed by atoms with Gasteiger partial charge < -0.3 is 0 Å². The van der Waals surface area contributed by atoms with Crippen molar-refractivity contribution in [3.63, 3.8) is 0 Å². The third-order valence-electron chi connectivity index (χ3n) is 3.88. The lowest BCUT2D eigenvalue weighted by atomic mass is 10.1. The van der Waals surface area contributed by atoms with Crippen molar-refractivity contribution in [2.24, 2.45) is 0 Å². The Balaban J connectivity index is 2.18. The van der Waals surface area contributed by atoms with Gasteiger partial charge in [-0.25, -0.2) is 4.68 Å². The van der Waals surface area contributed by atoms with E-state index in [0.29, 0.717) is 0 Å². The van der Waals surface area contributed by atoms with E-state index in [2.05, 4.69) is 18.9 Å². The van der Waals surface area contributed by atoms with E-state index in [4.69, 9.17) is 0 Å². The maximum Gasteiger partial charge on any atom is 0.279 e. The van der Waals surface area contributed by atoms with Gasteiger partial charge in [0.1, 0.15) is 0 Å². The maximum absolute atomic E-state index is 12.7. The Hall–Kier alpha value is -2.55.